The summed E-state index contributed by atoms with van der Waals surface area (Å²) in [6.45, 7) is 5.25. The lowest BCUT2D eigenvalue weighted by Crippen LogP contribution is -2.40. The number of benzene rings is 1. The van der Waals surface area contributed by atoms with Crippen LogP contribution in [0.25, 0.3) is 0 Å². The first-order chi connectivity index (χ1) is 10.1. The van der Waals surface area contributed by atoms with Crippen LogP contribution in [0.15, 0.2) is 28.7 Å². The van der Waals surface area contributed by atoms with E-state index in [0.717, 1.165) is 36.8 Å². The molecule has 2 atom stereocenters. The zero-order valence-corrected chi connectivity index (χ0v) is 14.5. The summed E-state index contributed by atoms with van der Waals surface area (Å²) in [4.78, 5) is 0. The summed E-state index contributed by atoms with van der Waals surface area (Å²) in [5.41, 5.74) is 1.30. The molecule has 1 heterocycles. The van der Waals surface area contributed by atoms with E-state index in [0.29, 0.717) is 18.3 Å². The second kappa shape index (κ2) is 7.42. The molecule has 0 N–H and O–H groups in total. The molecular formula is C18H24BrNO. The minimum absolute atomic E-state index is 0.0198. The van der Waals surface area contributed by atoms with Crippen LogP contribution < -0.4 is 0 Å². The van der Waals surface area contributed by atoms with Crippen molar-refractivity contribution < 1.29 is 4.74 Å². The first-order valence-electron chi connectivity index (χ1n) is 7.90. The van der Waals surface area contributed by atoms with Gasteiger partial charge in [0.25, 0.3) is 0 Å². The van der Waals surface area contributed by atoms with Crippen LogP contribution in [0.2, 0.25) is 0 Å². The van der Waals surface area contributed by atoms with Gasteiger partial charge in [0.05, 0.1) is 11.7 Å². The second-order valence-corrected chi connectivity index (χ2v) is 6.93. The van der Waals surface area contributed by atoms with Crippen molar-refractivity contribution in [2.45, 2.75) is 57.5 Å². The molecule has 1 fully saturated rings. The first kappa shape index (κ1) is 16.5. The molecule has 0 amide bonds. The molecule has 1 aliphatic heterocycles. The van der Waals surface area contributed by atoms with Gasteiger partial charge >= 0.3 is 0 Å². The van der Waals surface area contributed by atoms with E-state index in [1.807, 2.05) is 0 Å². The highest BCUT2D eigenvalue weighted by Gasteiger charge is 2.37. The summed E-state index contributed by atoms with van der Waals surface area (Å²) >= 11 is 3.49. The minimum Gasteiger partial charge on any atom is -0.375 e. The highest BCUT2D eigenvalue weighted by atomic mass is 79.9. The van der Waals surface area contributed by atoms with Gasteiger partial charge in [0, 0.05) is 17.5 Å². The maximum absolute atomic E-state index is 9.24. The van der Waals surface area contributed by atoms with Crippen molar-refractivity contribution in [1.82, 2.24) is 0 Å². The van der Waals surface area contributed by atoms with Gasteiger partial charge in [-0.25, -0.2) is 0 Å². The standard InChI is InChI=1S/C18H24BrNO/c1-3-18(4-2)13-15(10-12-21-18)17(9-11-20)14-5-7-16(19)8-6-14/h5-8,15,17H,3-4,9-10,12-13H2,1-2H3/t15-,17-/m1/s1. The average Bonchev–Trinajstić information content (AvgIpc) is 2.53. The highest BCUT2D eigenvalue weighted by Crippen LogP contribution is 2.42. The van der Waals surface area contributed by atoms with Crippen LogP contribution >= 0.6 is 15.9 Å². The van der Waals surface area contributed by atoms with Gasteiger partial charge < -0.3 is 4.74 Å². The van der Waals surface area contributed by atoms with Crippen LogP contribution in [-0.2, 0) is 4.74 Å². The summed E-state index contributed by atoms with van der Waals surface area (Å²) in [5.74, 6) is 0.865. The van der Waals surface area contributed by atoms with Gasteiger partial charge in [-0.1, -0.05) is 41.9 Å². The molecular weight excluding hydrogens is 326 g/mol. The largest absolute Gasteiger partial charge is 0.375 e. The predicted molar refractivity (Wildman–Crippen MR) is 89.1 cm³/mol. The first-order valence-corrected chi connectivity index (χ1v) is 8.69. The SMILES string of the molecule is CCC1(CC)C[C@H]([C@H](CC#N)c2ccc(Br)cc2)CCO1. The molecule has 1 saturated heterocycles. The van der Waals surface area contributed by atoms with Crippen molar-refractivity contribution in [2.75, 3.05) is 6.61 Å². The summed E-state index contributed by atoms with van der Waals surface area (Å²) in [7, 11) is 0. The van der Waals surface area contributed by atoms with Crippen LogP contribution in [0.5, 0.6) is 0 Å². The fourth-order valence-corrected chi connectivity index (χ4v) is 3.78. The maximum atomic E-state index is 9.24. The Labute approximate surface area is 136 Å². The van der Waals surface area contributed by atoms with Crippen LogP contribution in [0.1, 0.15) is 57.4 Å². The fraction of sp³-hybridized carbons (Fsp3) is 0.611. The lowest BCUT2D eigenvalue weighted by atomic mass is 9.73. The number of nitrogens with zero attached hydrogens (tertiary/aromatic N) is 1. The Kier molecular flexibility index (Phi) is 5.84. The molecule has 2 nitrogen and oxygen atoms in total. The topological polar surface area (TPSA) is 33.0 Å². The average molecular weight is 350 g/mol. The number of rotatable bonds is 5. The Hall–Kier alpha value is -0.850. The third-order valence-corrected chi connectivity index (χ3v) is 5.53. The molecule has 21 heavy (non-hydrogen) atoms. The fourth-order valence-electron chi connectivity index (χ4n) is 3.52. The molecule has 0 unspecified atom stereocenters. The van der Waals surface area contributed by atoms with Gasteiger partial charge in [0.1, 0.15) is 0 Å². The third-order valence-electron chi connectivity index (χ3n) is 5.00. The molecule has 0 radical (unpaired) electrons. The molecule has 1 aromatic carbocycles. The summed E-state index contributed by atoms with van der Waals surface area (Å²) in [5, 5.41) is 9.24. The Balaban J connectivity index is 2.22. The number of hydrogen-bond acceptors (Lipinski definition) is 2. The van der Waals surface area contributed by atoms with Crippen LogP contribution in [0.3, 0.4) is 0 Å². The lowest BCUT2D eigenvalue weighted by molar-refractivity contribution is -0.105. The van der Waals surface area contributed by atoms with Crippen molar-refractivity contribution in [3.8, 4) is 6.07 Å². The third kappa shape index (κ3) is 3.87. The molecule has 2 rings (SSSR count). The predicted octanol–water partition coefficient (Wildman–Crippen LogP) is 5.43. The molecule has 0 aromatic heterocycles. The number of ether oxygens (including phenoxy) is 1. The quantitative estimate of drug-likeness (QED) is 0.709. The van der Waals surface area contributed by atoms with Gasteiger partial charge in [-0.3, -0.25) is 0 Å². The van der Waals surface area contributed by atoms with E-state index in [9.17, 15) is 5.26 Å². The van der Waals surface area contributed by atoms with Crippen LogP contribution in [-0.4, -0.2) is 12.2 Å². The summed E-state index contributed by atoms with van der Waals surface area (Å²) in [6.07, 6.45) is 4.83. The zero-order valence-electron chi connectivity index (χ0n) is 12.9. The molecule has 0 saturated carbocycles. The lowest BCUT2D eigenvalue weighted by Gasteiger charge is -2.42. The molecule has 1 aliphatic rings. The van der Waals surface area contributed by atoms with Gasteiger partial charge in [-0.05, 0) is 55.2 Å². The van der Waals surface area contributed by atoms with E-state index < -0.39 is 0 Å². The molecule has 0 aliphatic carbocycles. The molecule has 1 aromatic rings. The van der Waals surface area contributed by atoms with Crippen LogP contribution in [0, 0.1) is 17.2 Å². The smallest absolute Gasteiger partial charge is 0.0680 e. The minimum atomic E-state index is 0.0198. The normalized spacial score (nSPS) is 22.5. The van der Waals surface area contributed by atoms with Gasteiger partial charge in [-0.15, -0.1) is 0 Å². The van der Waals surface area contributed by atoms with Crippen LogP contribution in [0.4, 0.5) is 0 Å². The molecule has 0 bridgehead atoms. The van der Waals surface area contributed by atoms with Crippen molar-refractivity contribution >= 4 is 15.9 Å². The second-order valence-electron chi connectivity index (χ2n) is 6.01. The van der Waals surface area contributed by atoms with E-state index >= 15 is 0 Å². The van der Waals surface area contributed by atoms with Gasteiger partial charge in [0.2, 0.25) is 0 Å². The number of nitriles is 1. The summed E-state index contributed by atoms with van der Waals surface area (Å²) in [6, 6.07) is 10.8. The van der Waals surface area contributed by atoms with E-state index in [1.54, 1.807) is 0 Å². The van der Waals surface area contributed by atoms with E-state index in [-0.39, 0.29) is 5.60 Å². The zero-order chi connectivity index (χ0) is 15.3. The van der Waals surface area contributed by atoms with E-state index in [1.165, 1.54) is 5.56 Å². The Morgan fingerprint density at radius 3 is 2.57 bits per heavy atom. The van der Waals surface area contributed by atoms with Crippen molar-refractivity contribution in [2.24, 2.45) is 5.92 Å². The molecule has 3 heteroatoms. The van der Waals surface area contributed by atoms with Crippen molar-refractivity contribution in [3.63, 3.8) is 0 Å². The number of hydrogen-bond donors (Lipinski definition) is 0. The highest BCUT2D eigenvalue weighted by molar-refractivity contribution is 9.10. The van der Waals surface area contributed by atoms with Gasteiger partial charge in [0.15, 0.2) is 0 Å². The molecule has 0 spiro atoms. The van der Waals surface area contributed by atoms with Gasteiger partial charge in [-0.2, -0.15) is 5.26 Å². The van der Waals surface area contributed by atoms with Crippen molar-refractivity contribution in [1.29, 1.82) is 5.26 Å². The van der Waals surface area contributed by atoms with E-state index in [4.69, 9.17) is 4.74 Å². The Bertz CT molecular complexity index is 487. The van der Waals surface area contributed by atoms with E-state index in [2.05, 4.69) is 60.1 Å². The maximum Gasteiger partial charge on any atom is 0.0680 e. The number of halogens is 1. The molecule has 114 valence electrons. The van der Waals surface area contributed by atoms with Crippen molar-refractivity contribution in [3.05, 3.63) is 34.3 Å². The monoisotopic (exact) mass is 349 g/mol. The Morgan fingerprint density at radius 2 is 2.00 bits per heavy atom. The Morgan fingerprint density at radius 1 is 1.33 bits per heavy atom. The summed E-state index contributed by atoms with van der Waals surface area (Å²) < 4.78 is 7.18.